The Balaban J connectivity index is 2.15. The molecule has 0 saturated carbocycles. The lowest BCUT2D eigenvalue weighted by atomic mass is 10.1. The first-order valence-electron chi connectivity index (χ1n) is 5.71. The normalized spacial score (nSPS) is 10.2. The molecule has 0 aliphatic carbocycles. The van der Waals surface area contributed by atoms with Crippen LogP contribution in [0.4, 0.5) is 10.8 Å². The highest BCUT2D eigenvalue weighted by Crippen LogP contribution is 2.22. The largest absolute Gasteiger partial charge is 0.497 e. The zero-order valence-electron chi connectivity index (χ0n) is 10.6. The maximum Gasteiger partial charge on any atom is 0.259 e. The standard InChI is InChI=1S/C12H14N4O2S/c1-3-10-15-16-12(19-10)14-11(17)8-5-4-7(18-2)6-9(8)13/h4-6H,3,13H2,1-2H3,(H,14,16,17). The van der Waals surface area contributed by atoms with E-state index in [9.17, 15) is 4.79 Å². The lowest BCUT2D eigenvalue weighted by Gasteiger charge is -2.06. The van der Waals surface area contributed by atoms with E-state index in [0.29, 0.717) is 22.1 Å². The summed E-state index contributed by atoms with van der Waals surface area (Å²) in [5.74, 6) is 0.303. The van der Waals surface area contributed by atoms with Crippen LogP contribution in [-0.4, -0.2) is 23.2 Å². The van der Waals surface area contributed by atoms with Gasteiger partial charge in [0.15, 0.2) is 0 Å². The Kier molecular flexibility index (Phi) is 3.96. The molecule has 0 spiro atoms. The average molecular weight is 278 g/mol. The Morgan fingerprint density at radius 1 is 1.47 bits per heavy atom. The summed E-state index contributed by atoms with van der Waals surface area (Å²) in [6, 6.07) is 4.90. The third kappa shape index (κ3) is 3.00. The molecule has 0 atom stereocenters. The quantitative estimate of drug-likeness (QED) is 0.834. The predicted molar refractivity (Wildman–Crippen MR) is 74.6 cm³/mol. The van der Waals surface area contributed by atoms with E-state index in [1.165, 1.54) is 11.3 Å². The van der Waals surface area contributed by atoms with Gasteiger partial charge >= 0.3 is 0 Å². The van der Waals surface area contributed by atoms with Crippen LogP contribution in [0, 0.1) is 0 Å². The predicted octanol–water partition coefficient (Wildman–Crippen LogP) is 1.94. The number of hydrogen-bond donors (Lipinski definition) is 2. The van der Waals surface area contributed by atoms with Crippen molar-refractivity contribution in [2.45, 2.75) is 13.3 Å². The molecule has 1 aromatic carbocycles. The topological polar surface area (TPSA) is 90.1 Å². The molecule has 1 aromatic heterocycles. The van der Waals surface area contributed by atoms with Gasteiger partial charge in [-0.3, -0.25) is 10.1 Å². The first-order valence-corrected chi connectivity index (χ1v) is 6.53. The molecular formula is C12H14N4O2S. The van der Waals surface area contributed by atoms with Crippen molar-refractivity contribution in [3.8, 4) is 5.75 Å². The van der Waals surface area contributed by atoms with Crippen molar-refractivity contribution in [3.05, 3.63) is 28.8 Å². The molecule has 0 aliphatic rings. The number of hydrogen-bond acceptors (Lipinski definition) is 6. The Labute approximate surface area is 114 Å². The minimum atomic E-state index is -0.307. The number of anilines is 2. The Morgan fingerprint density at radius 3 is 2.84 bits per heavy atom. The summed E-state index contributed by atoms with van der Waals surface area (Å²) in [6.07, 6.45) is 0.790. The summed E-state index contributed by atoms with van der Waals surface area (Å²) >= 11 is 1.35. The number of methoxy groups -OCH3 is 1. The van der Waals surface area contributed by atoms with Crippen LogP contribution in [0.3, 0.4) is 0 Å². The molecule has 7 heteroatoms. The smallest absolute Gasteiger partial charge is 0.259 e. The number of nitrogen functional groups attached to an aromatic ring is 1. The highest BCUT2D eigenvalue weighted by molar-refractivity contribution is 7.15. The fourth-order valence-electron chi connectivity index (χ4n) is 1.49. The van der Waals surface area contributed by atoms with Gasteiger partial charge in [-0.05, 0) is 18.6 Å². The number of carbonyl (C=O) groups excluding carboxylic acids is 1. The van der Waals surface area contributed by atoms with Crippen LogP contribution in [0.15, 0.2) is 18.2 Å². The molecule has 0 saturated heterocycles. The van der Waals surface area contributed by atoms with Crippen LogP contribution in [0.25, 0.3) is 0 Å². The number of aromatic nitrogens is 2. The van der Waals surface area contributed by atoms with E-state index >= 15 is 0 Å². The van der Waals surface area contributed by atoms with Crippen molar-refractivity contribution in [1.29, 1.82) is 0 Å². The molecular weight excluding hydrogens is 264 g/mol. The minimum absolute atomic E-state index is 0.307. The number of nitrogens with one attached hydrogen (secondary N) is 1. The van der Waals surface area contributed by atoms with Gasteiger partial charge in [0.05, 0.1) is 12.7 Å². The first-order chi connectivity index (χ1) is 9.13. The lowest BCUT2D eigenvalue weighted by molar-refractivity contribution is 0.102. The van der Waals surface area contributed by atoms with E-state index < -0.39 is 0 Å². The third-order valence-corrected chi connectivity index (χ3v) is 3.48. The number of nitrogens with two attached hydrogens (primary N) is 1. The summed E-state index contributed by atoms with van der Waals surface area (Å²) in [5, 5.41) is 11.8. The van der Waals surface area contributed by atoms with Crippen molar-refractivity contribution in [2.75, 3.05) is 18.2 Å². The minimum Gasteiger partial charge on any atom is -0.497 e. The summed E-state index contributed by atoms with van der Waals surface area (Å²) < 4.78 is 5.03. The number of nitrogens with zero attached hydrogens (tertiary/aromatic N) is 2. The van der Waals surface area contributed by atoms with Crippen molar-refractivity contribution in [1.82, 2.24) is 10.2 Å². The number of benzene rings is 1. The van der Waals surface area contributed by atoms with Gasteiger partial charge in [0.1, 0.15) is 10.8 Å². The number of aryl methyl sites for hydroxylation is 1. The molecule has 0 unspecified atom stereocenters. The monoisotopic (exact) mass is 278 g/mol. The first kappa shape index (κ1) is 13.3. The summed E-state index contributed by atoms with van der Waals surface area (Å²) in [5.41, 5.74) is 6.55. The highest BCUT2D eigenvalue weighted by atomic mass is 32.1. The van der Waals surface area contributed by atoms with Gasteiger partial charge < -0.3 is 10.5 Å². The van der Waals surface area contributed by atoms with Gasteiger partial charge in [0.2, 0.25) is 5.13 Å². The van der Waals surface area contributed by atoms with E-state index in [4.69, 9.17) is 10.5 Å². The SMILES string of the molecule is CCc1nnc(NC(=O)c2ccc(OC)cc2N)s1. The van der Waals surface area contributed by atoms with Gasteiger partial charge in [-0.15, -0.1) is 10.2 Å². The van der Waals surface area contributed by atoms with Crippen molar-refractivity contribution >= 4 is 28.1 Å². The van der Waals surface area contributed by atoms with E-state index in [1.54, 1.807) is 25.3 Å². The fraction of sp³-hybridized carbons (Fsp3) is 0.250. The number of ether oxygens (including phenoxy) is 1. The van der Waals surface area contributed by atoms with Crippen molar-refractivity contribution in [2.24, 2.45) is 0 Å². The second kappa shape index (κ2) is 5.66. The van der Waals surface area contributed by atoms with Gasteiger partial charge in [0, 0.05) is 11.8 Å². The van der Waals surface area contributed by atoms with Crippen LogP contribution in [0.1, 0.15) is 22.3 Å². The molecule has 100 valence electrons. The Hall–Kier alpha value is -2.15. The van der Waals surface area contributed by atoms with Crippen LogP contribution >= 0.6 is 11.3 Å². The molecule has 0 aliphatic heterocycles. The third-order valence-electron chi connectivity index (χ3n) is 2.49. The van der Waals surface area contributed by atoms with Crippen LogP contribution in [-0.2, 0) is 6.42 Å². The van der Waals surface area contributed by atoms with E-state index in [1.807, 2.05) is 6.92 Å². The lowest BCUT2D eigenvalue weighted by Crippen LogP contribution is -2.13. The number of amides is 1. The second-order valence-corrected chi connectivity index (χ2v) is 4.82. The number of rotatable bonds is 4. The molecule has 1 heterocycles. The molecule has 2 aromatic rings. The van der Waals surface area contributed by atoms with E-state index in [-0.39, 0.29) is 5.91 Å². The van der Waals surface area contributed by atoms with Gasteiger partial charge in [-0.1, -0.05) is 18.3 Å². The van der Waals surface area contributed by atoms with Gasteiger partial charge in [-0.25, -0.2) is 0 Å². The Morgan fingerprint density at radius 2 is 2.26 bits per heavy atom. The molecule has 2 rings (SSSR count). The molecule has 1 amide bonds. The maximum atomic E-state index is 12.0. The van der Waals surface area contributed by atoms with Crippen LogP contribution in [0.2, 0.25) is 0 Å². The fourth-order valence-corrected chi connectivity index (χ4v) is 2.16. The molecule has 6 nitrogen and oxygen atoms in total. The van der Waals surface area contributed by atoms with E-state index in [2.05, 4.69) is 15.5 Å². The summed E-state index contributed by atoms with van der Waals surface area (Å²) in [7, 11) is 1.54. The zero-order valence-corrected chi connectivity index (χ0v) is 11.5. The molecule has 3 N–H and O–H groups in total. The molecule has 0 fully saturated rings. The van der Waals surface area contributed by atoms with Crippen LogP contribution < -0.4 is 15.8 Å². The van der Waals surface area contributed by atoms with E-state index in [0.717, 1.165) is 11.4 Å². The zero-order chi connectivity index (χ0) is 13.8. The molecule has 19 heavy (non-hydrogen) atoms. The number of carbonyl (C=O) groups is 1. The highest BCUT2D eigenvalue weighted by Gasteiger charge is 2.13. The molecule has 0 radical (unpaired) electrons. The maximum absolute atomic E-state index is 12.0. The Bertz CT molecular complexity index is 597. The summed E-state index contributed by atoms with van der Waals surface area (Å²) in [4.78, 5) is 12.0. The van der Waals surface area contributed by atoms with Gasteiger partial charge in [0.25, 0.3) is 5.91 Å². The average Bonchev–Trinajstić information content (AvgIpc) is 2.86. The van der Waals surface area contributed by atoms with Crippen molar-refractivity contribution < 1.29 is 9.53 Å². The second-order valence-electron chi connectivity index (χ2n) is 3.76. The van der Waals surface area contributed by atoms with Crippen molar-refractivity contribution in [3.63, 3.8) is 0 Å². The van der Waals surface area contributed by atoms with Crippen LogP contribution in [0.5, 0.6) is 5.75 Å². The molecule has 0 bridgehead atoms. The van der Waals surface area contributed by atoms with Gasteiger partial charge in [-0.2, -0.15) is 0 Å². The summed E-state index contributed by atoms with van der Waals surface area (Å²) in [6.45, 7) is 1.98.